The molecule has 0 spiro atoms. The molecule has 92 valence electrons. The maximum atomic E-state index is 11.1. The van der Waals surface area contributed by atoms with E-state index >= 15 is 0 Å². The zero-order valence-electron chi connectivity index (χ0n) is 9.95. The Hall–Kier alpha value is -0.610. The lowest BCUT2D eigenvalue weighted by molar-refractivity contribution is -0.119. The second-order valence-electron chi connectivity index (χ2n) is 5.13. The predicted octanol–water partition coefficient (Wildman–Crippen LogP) is 0.468. The zero-order valence-corrected chi connectivity index (χ0v) is 9.95. The summed E-state index contributed by atoms with van der Waals surface area (Å²) in [6.07, 6.45) is 7.58. The number of primary amides is 1. The quantitative estimate of drug-likeness (QED) is 0.715. The van der Waals surface area contributed by atoms with Gasteiger partial charge in [0.05, 0.1) is 6.54 Å². The summed E-state index contributed by atoms with van der Waals surface area (Å²) in [5, 5.41) is 3.49. The minimum Gasteiger partial charge on any atom is -0.369 e. The fourth-order valence-electron chi connectivity index (χ4n) is 3.01. The molecule has 1 atom stereocenters. The van der Waals surface area contributed by atoms with Gasteiger partial charge in [-0.1, -0.05) is 12.8 Å². The van der Waals surface area contributed by atoms with E-state index in [1.54, 1.807) is 0 Å². The van der Waals surface area contributed by atoms with Gasteiger partial charge < -0.3 is 11.1 Å². The summed E-state index contributed by atoms with van der Waals surface area (Å²) in [5.74, 6) is -0.190. The zero-order chi connectivity index (χ0) is 11.4. The van der Waals surface area contributed by atoms with Crippen LogP contribution in [0.1, 0.15) is 38.5 Å². The maximum Gasteiger partial charge on any atom is 0.231 e. The van der Waals surface area contributed by atoms with Crippen molar-refractivity contribution in [1.82, 2.24) is 10.2 Å². The fraction of sp³-hybridized carbons (Fsp3) is 0.917. The Morgan fingerprint density at radius 3 is 2.56 bits per heavy atom. The Kier molecular flexibility index (Phi) is 4.18. The lowest BCUT2D eigenvalue weighted by Crippen LogP contribution is -2.46. The molecule has 4 nitrogen and oxygen atoms in total. The van der Waals surface area contributed by atoms with Crippen LogP contribution in [0.4, 0.5) is 0 Å². The molecule has 2 rings (SSSR count). The van der Waals surface area contributed by atoms with Gasteiger partial charge in [-0.05, 0) is 32.2 Å². The van der Waals surface area contributed by atoms with Crippen molar-refractivity contribution in [3.05, 3.63) is 0 Å². The highest BCUT2D eigenvalue weighted by Gasteiger charge is 2.26. The molecule has 1 saturated heterocycles. The first-order chi connectivity index (χ1) is 7.75. The molecule has 1 saturated carbocycles. The molecule has 0 aromatic heterocycles. The summed E-state index contributed by atoms with van der Waals surface area (Å²) in [5.41, 5.74) is 5.33. The summed E-state index contributed by atoms with van der Waals surface area (Å²) in [6.45, 7) is 2.55. The van der Waals surface area contributed by atoms with Crippen molar-refractivity contribution >= 4 is 5.91 Å². The summed E-state index contributed by atoms with van der Waals surface area (Å²) in [6, 6.07) is 1.16. The minimum absolute atomic E-state index is 0.190. The number of rotatable bonds is 5. The highest BCUT2D eigenvalue weighted by atomic mass is 16.1. The number of nitrogens with zero attached hydrogens (tertiary/aromatic N) is 1. The largest absolute Gasteiger partial charge is 0.369 e. The molecule has 1 amide bonds. The van der Waals surface area contributed by atoms with Crippen LogP contribution in [0.5, 0.6) is 0 Å². The normalized spacial score (nSPS) is 26.7. The number of carbonyl (C=O) groups is 1. The summed E-state index contributed by atoms with van der Waals surface area (Å²) >= 11 is 0. The molecule has 2 fully saturated rings. The summed E-state index contributed by atoms with van der Waals surface area (Å²) in [4.78, 5) is 13.4. The van der Waals surface area contributed by atoms with Crippen LogP contribution in [0, 0.1) is 0 Å². The first kappa shape index (κ1) is 11.9. The molecule has 0 radical (unpaired) electrons. The van der Waals surface area contributed by atoms with Crippen molar-refractivity contribution < 1.29 is 4.79 Å². The van der Waals surface area contributed by atoms with Crippen molar-refractivity contribution in [3.63, 3.8) is 0 Å². The third-order valence-electron chi connectivity index (χ3n) is 3.82. The first-order valence-electron chi connectivity index (χ1n) is 6.51. The molecule has 0 bridgehead atoms. The molecule has 1 unspecified atom stereocenters. The average molecular weight is 225 g/mol. The van der Waals surface area contributed by atoms with Crippen molar-refractivity contribution in [2.45, 2.75) is 50.6 Å². The fourth-order valence-corrected chi connectivity index (χ4v) is 3.01. The Morgan fingerprint density at radius 1 is 1.25 bits per heavy atom. The van der Waals surface area contributed by atoms with Crippen LogP contribution < -0.4 is 11.1 Å². The van der Waals surface area contributed by atoms with Crippen LogP contribution in [-0.2, 0) is 4.79 Å². The second-order valence-corrected chi connectivity index (χ2v) is 5.13. The Labute approximate surface area is 97.6 Å². The van der Waals surface area contributed by atoms with Gasteiger partial charge in [-0.25, -0.2) is 0 Å². The molecule has 0 aromatic rings. The SMILES string of the molecule is NC(=O)CN(CC1CCCN1)C1CCCC1. The van der Waals surface area contributed by atoms with Gasteiger partial charge in [0.2, 0.25) is 5.91 Å². The number of hydrogen-bond acceptors (Lipinski definition) is 3. The second kappa shape index (κ2) is 5.64. The highest BCUT2D eigenvalue weighted by Crippen LogP contribution is 2.24. The monoisotopic (exact) mass is 225 g/mol. The van der Waals surface area contributed by atoms with Crippen LogP contribution in [0.2, 0.25) is 0 Å². The number of carbonyl (C=O) groups excluding carboxylic acids is 1. The summed E-state index contributed by atoms with van der Waals surface area (Å²) < 4.78 is 0. The molecule has 4 heteroatoms. The van der Waals surface area contributed by atoms with Crippen molar-refractivity contribution in [1.29, 1.82) is 0 Å². The van der Waals surface area contributed by atoms with Gasteiger partial charge in [-0.2, -0.15) is 0 Å². The molecule has 1 aliphatic heterocycles. The van der Waals surface area contributed by atoms with Gasteiger partial charge in [0.15, 0.2) is 0 Å². The molecular weight excluding hydrogens is 202 g/mol. The van der Waals surface area contributed by atoms with Gasteiger partial charge in [0.25, 0.3) is 0 Å². The van der Waals surface area contributed by atoms with E-state index in [0.717, 1.165) is 13.1 Å². The Morgan fingerprint density at radius 2 is 2.00 bits per heavy atom. The first-order valence-corrected chi connectivity index (χ1v) is 6.51. The van der Waals surface area contributed by atoms with Crippen LogP contribution in [-0.4, -0.2) is 42.5 Å². The summed E-state index contributed by atoms with van der Waals surface area (Å²) in [7, 11) is 0. The van der Waals surface area contributed by atoms with Gasteiger partial charge in [0.1, 0.15) is 0 Å². The molecule has 2 aliphatic rings. The maximum absolute atomic E-state index is 11.1. The van der Waals surface area contributed by atoms with Crippen LogP contribution in [0.15, 0.2) is 0 Å². The molecule has 3 N–H and O–H groups in total. The Balaban J connectivity index is 1.87. The standard InChI is InChI=1S/C12H23N3O/c13-12(16)9-15(11-5-1-2-6-11)8-10-4-3-7-14-10/h10-11,14H,1-9H2,(H2,13,16). The number of amides is 1. The number of nitrogens with two attached hydrogens (primary N) is 1. The average Bonchev–Trinajstić information content (AvgIpc) is 2.88. The van der Waals surface area contributed by atoms with E-state index in [4.69, 9.17) is 5.73 Å². The van der Waals surface area contributed by atoms with Crippen LogP contribution in [0.25, 0.3) is 0 Å². The highest BCUT2D eigenvalue weighted by molar-refractivity contribution is 5.75. The molecule has 16 heavy (non-hydrogen) atoms. The predicted molar refractivity (Wildman–Crippen MR) is 64.0 cm³/mol. The van der Waals surface area contributed by atoms with E-state index in [-0.39, 0.29) is 5.91 Å². The Bertz CT molecular complexity index is 232. The van der Waals surface area contributed by atoms with Gasteiger partial charge in [-0.15, -0.1) is 0 Å². The van der Waals surface area contributed by atoms with Crippen LogP contribution in [0.3, 0.4) is 0 Å². The van der Waals surface area contributed by atoms with E-state index in [2.05, 4.69) is 10.2 Å². The molecule has 0 aromatic carbocycles. The van der Waals surface area contributed by atoms with Gasteiger partial charge in [-0.3, -0.25) is 9.69 Å². The topological polar surface area (TPSA) is 58.4 Å². The van der Waals surface area contributed by atoms with E-state index < -0.39 is 0 Å². The number of hydrogen-bond donors (Lipinski definition) is 2. The molecule has 1 heterocycles. The smallest absolute Gasteiger partial charge is 0.231 e. The van der Waals surface area contributed by atoms with Crippen LogP contribution >= 0.6 is 0 Å². The third kappa shape index (κ3) is 3.19. The van der Waals surface area contributed by atoms with Gasteiger partial charge >= 0.3 is 0 Å². The third-order valence-corrected chi connectivity index (χ3v) is 3.82. The lowest BCUT2D eigenvalue weighted by atomic mass is 10.1. The lowest BCUT2D eigenvalue weighted by Gasteiger charge is -2.30. The van der Waals surface area contributed by atoms with Crippen molar-refractivity contribution in [3.8, 4) is 0 Å². The molecule has 1 aliphatic carbocycles. The van der Waals surface area contributed by atoms with Gasteiger partial charge in [0, 0.05) is 18.6 Å². The van der Waals surface area contributed by atoms with E-state index in [0.29, 0.717) is 18.6 Å². The van der Waals surface area contributed by atoms with E-state index in [1.165, 1.54) is 38.5 Å². The van der Waals surface area contributed by atoms with E-state index in [9.17, 15) is 4.79 Å². The van der Waals surface area contributed by atoms with Crippen molar-refractivity contribution in [2.75, 3.05) is 19.6 Å². The number of nitrogens with one attached hydrogen (secondary N) is 1. The minimum atomic E-state index is -0.190. The van der Waals surface area contributed by atoms with E-state index in [1.807, 2.05) is 0 Å². The van der Waals surface area contributed by atoms with Crippen molar-refractivity contribution in [2.24, 2.45) is 5.73 Å². The molecular formula is C12H23N3O.